The van der Waals surface area contributed by atoms with Crippen molar-refractivity contribution in [1.29, 1.82) is 0 Å². The molecule has 20 heavy (non-hydrogen) atoms. The maximum atomic E-state index is 11.7. The number of nitrogens with two attached hydrogens (primary N) is 1. The fourth-order valence-corrected chi connectivity index (χ4v) is 1.25. The number of carbonyl (C=O) groups is 1. The maximum absolute atomic E-state index is 11.7. The number of rotatable bonds is 7. The first kappa shape index (κ1) is 15.9. The molecule has 0 atom stereocenters. The molecule has 1 rings (SSSR count). The largest absolute Gasteiger partial charge is 0.463 e. The van der Waals surface area contributed by atoms with Gasteiger partial charge in [0.1, 0.15) is 0 Å². The van der Waals surface area contributed by atoms with Crippen LogP contribution >= 0.6 is 0 Å². The van der Waals surface area contributed by atoms with E-state index in [1.54, 1.807) is 26.0 Å². The summed E-state index contributed by atoms with van der Waals surface area (Å²) in [5.74, 6) is 5.75. The molecule has 112 valence electrons. The first-order valence-electron chi connectivity index (χ1n) is 6.24. The van der Waals surface area contributed by atoms with Crippen molar-refractivity contribution in [2.75, 3.05) is 44.6 Å². The molecule has 0 unspecified atom stereocenters. The van der Waals surface area contributed by atoms with Crippen LogP contribution in [0.4, 0.5) is 11.9 Å². The van der Waals surface area contributed by atoms with Gasteiger partial charge in [0.15, 0.2) is 0 Å². The van der Waals surface area contributed by atoms with Crippen molar-refractivity contribution in [3.8, 4) is 6.01 Å². The summed E-state index contributed by atoms with van der Waals surface area (Å²) in [6, 6.07) is 0.175. The highest BCUT2D eigenvalue weighted by atomic mass is 16.5. The van der Waals surface area contributed by atoms with Crippen LogP contribution in [0.1, 0.15) is 13.3 Å². The minimum absolute atomic E-state index is 0.0637. The molecular weight excluding hydrogens is 262 g/mol. The number of carbonyl (C=O) groups excluding carboxylic acids is 1. The number of hydrazine groups is 1. The maximum Gasteiger partial charge on any atom is 0.323 e. The van der Waals surface area contributed by atoms with Gasteiger partial charge in [0.25, 0.3) is 0 Å². The van der Waals surface area contributed by atoms with E-state index in [0.29, 0.717) is 12.6 Å². The second-order valence-electron chi connectivity index (χ2n) is 4.38. The molecule has 0 aliphatic heterocycles. The lowest BCUT2D eigenvalue weighted by molar-refractivity contribution is -0.127. The van der Waals surface area contributed by atoms with E-state index in [0.717, 1.165) is 6.42 Å². The van der Waals surface area contributed by atoms with Gasteiger partial charge in [-0.15, -0.1) is 0 Å². The van der Waals surface area contributed by atoms with Gasteiger partial charge in [-0.1, -0.05) is 6.92 Å². The Morgan fingerprint density at radius 1 is 1.30 bits per heavy atom. The minimum atomic E-state index is -0.0637. The summed E-state index contributed by atoms with van der Waals surface area (Å²) in [7, 11) is 5.08. The molecule has 0 aliphatic carbocycles. The van der Waals surface area contributed by atoms with Crippen LogP contribution in [0.15, 0.2) is 0 Å². The van der Waals surface area contributed by atoms with Crippen molar-refractivity contribution in [2.24, 2.45) is 5.84 Å². The smallest absolute Gasteiger partial charge is 0.323 e. The Morgan fingerprint density at radius 3 is 2.55 bits per heavy atom. The van der Waals surface area contributed by atoms with E-state index in [9.17, 15) is 4.79 Å². The Bertz CT molecular complexity index is 452. The van der Waals surface area contributed by atoms with Crippen molar-refractivity contribution >= 4 is 17.8 Å². The number of aromatic nitrogens is 3. The predicted octanol–water partition coefficient (Wildman–Crippen LogP) is -0.530. The lowest BCUT2D eigenvalue weighted by Gasteiger charge is -2.19. The average molecular weight is 283 g/mol. The first-order valence-corrected chi connectivity index (χ1v) is 6.24. The van der Waals surface area contributed by atoms with E-state index in [1.165, 1.54) is 4.90 Å². The molecule has 0 aromatic carbocycles. The second kappa shape index (κ2) is 7.43. The average Bonchev–Trinajstić information content (AvgIpc) is 2.44. The van der Waals surface area contributed by atoms with Crippen molar-refractivity contribution < 1.29 is 9.53 Å². The molecule has 0 aliphatic rings. The summed E-state index contributed by atoms with van der Waals surface area (Å²) in [6.45, 7) is 2.62. The molecule has 1 aromatic rings. The molecule has 3 N–H and O–H groups in total. The van der Waals surface area contributed by atoms with Gasteiger partial charge in [0.05, 0.1) is 13.2 Å². The Morgan fingerprint density at radius 2 is 2.00 bits per heavy atom. The SMILES string of the molecule is CCCOc1nc(NN)nc(N(C)CC(=O)N(C)C)n1. The number of anilines is 2. The minimum Gasteiger partial charge on any atom is -0.463 e. The Hall–Kier alpha value is -2.16. The molecule has 1 aromatic heterocycles. The highest BCUT2D eigenvalue weighted by Crippen LogP contribution is 2.13. The number of likely N-dealkylation sites (N-methyl/N-ethyl adjacent to an activating group) is 2. The second-order valence-corrected chi connectivity index (χ2v) is 4.38. The fraction of sp³-hybridized carbons (Fsp3) is 0.636. The van der Waals surface area contributed by atoms with E-state index in [2.05, 4.69) is 20.4 Å². The standard InChI is InChI=1S/C11H21N7O2/c1-5-6-20-11-14-9(16-12)13-10(15-11)18(4)7-8(19)17(2)3/h5-7,12H2,1-4H3,(H,13,14,15,16). The third-order valence-electron chi connectivity index (χ3n) is 2.38. The number of nitrogen functional groups attached to an aromatic ring is 1. The lowest BCUT2D eigenvalue weighted by atomic mass is 10.5. The zero-order valence-corrected chi connectivity index (χ0v) is 12.3. The van der Waals surface area contributed by atoms with E-state index < -0.39 is 0 Å². The van der Waals surface area contributed by atoms with Gasteiger partial charge in [-0.25, -0.2) is 5.84 Å². The Kier molecular flexibility index (Phi) is 5.91. The lowest BCUT2D eigenvalue weighted by Crippen LogP contribution is -2.35. The van der Waals surface area contributed by atoms with Crippen molar-refractivity contribution in [1.82, 2.24) is 19.9 Å². The monoisotopic (exact) mass is 283 g/mol. The molecule has 0 fully saturated rings. The topological polar surface area (TPSA) is 110 Å². The highest BCUT2D eigenvalue weighted by molar-refractivity contribution is 5.80. The number of ether oxygens (including phenoxy) is 1. The number of hydrogen-bond donors (Lipinski definition) is 2. The molecule has 1 amide bonds. The number of hydrogen-bond acceptors (Lipinski definition) is 8. The molecule has 0 bridgehead atoms. The zero-order chi connectivity index (χ0) is 15.1. The van der Waals surface area contributed by atoms with E-state index in [4.69, 9.17) is 10.6 Å². The molecule has 0 saturated heterocycles. The number of nitrogens with zero attached hydrogens (tertiary/aromatic N) is 5. The molecule has 1 heterocycles. The van der Waals surface area contributed by atoms with Gasteiger partial charge in [-0.3, -0.25) is 10.2 Å². The van der Waals surface area contributed by atoms with Crippen LogP contribution in [0.5, 0.6) is 6.01 Å². The number of nitrogens with one attached hydrogen (secondary N) is 1. The summed E-state index contributed by atoms with van der Waals surface area (Å²) in [5.41, 5.74) is 2.35. The Balaban J connectivity index is 2.89. The van der Waals surface area contributed by atoms with Crippen LogP contribution in [0.3, 0.4) is 0 Å². The van der Waals surface area contributed by atoms with Crippen LogP contribution < -0.4 is 20.9 Å². The third-order valence-corrected chi connectivity index (χ3v) is 2.38. The van der Waals surface area contributed by atoms with E-state index in [1.807, 2.05) is 6.92 Å². The van der Waals surface area contributed by atoms with Gasteiger partial charge in [0, 0.05) is 21.1 Å². The van der Waals surface area contributed by atoms with E-state index in [-0.39, 0.29) is 24.4 Å². The van der Waals surface area contributed by atoms with Crippen molar-refractivity contribution in [3.63, 3.8) is 0 Å². The summed E-state index contributed by atoms with van der Waals surface area (Å²) in [6.07, 6.45) is 0.835. The van der Waals surface area contributed by atoms with Crippen LogP contribution in [0, 0.1) is 0 Å². The van der Waals surface area contributed by atoms with Crippen LogP contribution in [0.2, 0.25) is 0 Å². The summed E-state index contributed by atoms with van der Waals surface area (Å²) >= 11 is 0. The van der Waals surface area contributed by atoms with E-state index >= 15 is 0 Å². The normalized spacial score (nSPS) is 10.1. The zero-order valence-electron chi connectivity index (χ0n) is 12.3. The predicted molar refractivity (Wildman–Crippen MR) is 75.4 cm³/mol. The van der Waals surface area contributed by atoms with Gasteiger partial charge in [-0.2, -0.15) is 15.0 Å². The van der Waals surface area contributed by atoms with Gasteiger partial charge >= 0.3 is 6.01 Å². The molecule has 9 nitrogen and oxygen atoms in total. The van der Waals surface area contributed by atoms with Gasteiger partial charge in [0.2, 0.25) is 17.8 Å². The quantitative estimate of drug-likeness (QED) is 0.507. The highest BCUT2D eigenvalue weighted by Gasteiger charge is 2.14. The summed E-state index contributed by atoms with van der Waals surface area (Å²) in [5, 5.41) is 0. The fourth-order valence-electron chi connectivity index (χ4n) is 1.25. The Labute approximate surface area is 118 Å². The van der Waals surface area contributed by atoms with Crippen LogP contribution in [0.25, 0.3) is 0 Å². The third kappa shape index (κ3) is 4.50. The summed E-state index contributed by atoms with van der Waals surface area (Å²) < 4.78 is 5.36. The molecule has 0 saturated carbocycles. The van der Waals surface area contributed by atoms with Gasteiger partial charge < -0.3 is 14.5 Å². The van der Waals surface area contributed by atoms with Gasteiger partial charge in [-0.05, 0) is 6.42 Å². The van der Waals surface area contributed by atoms with Crippen molar-refractivity contribution in [2.45, 2.75) is 13.3 Å². The van der Waals surface area contributed by atoms with Crippen LogP contribution in [-0.4, -0.2) is 60.1 Å². The summed E-state index contributed by atoms with van der Waals surface area (Å²) in [4.78, 5) is 27.0. The molecule has 9 heteroatoms. The van der Waals surface area contributed by atoms with Crippen molar-refractivity contribution in [3.05, 3.63) is 0 Å². The molecule has 0 radical (unpaired) electrons. The first-order chi connectivity index (χ1) is 9.47. The van der Waals surface area contributed by atoms with Crippen LogP contribution in [-0.2, 0) is 4.79 Å². The molecule has 0 spiro atoms. The number of amides is 1. The molecular formula is C11H21N7O2.